The average Bonchev–Trinajstić information content (AvgIpc) is 1.53. The number of rotatable bonds is 2. The summed E-state index contributed by atoms with van der Waals surface area (Å²) in [4.78, 5) is 20.8. The van der Waals surface area contributed by atoms with Crippen LogP contribution >= 0.6 is 0 Å². The van der Waals surface area contributed by atoms with Crippen LogP contribution in [0.2, 0.25) is 6.55 Å². The van der Waals surface area contributed by atoms with E-state index in [0.29, 0.717) is 0 Å². The Hall–Kier alpha value is -0.883. The van der Waals surface area contributed by atoms with E-state index in [-0.39, 0.29) is 0 Å². The van der Waals surface area contributed by atoms with Crippen molar-refractivity contribution < 1.29 is 18.4 Å². The Morgan fingerprint density at radius 3 is 1.64 bits per heavy atom. The van der Waals surface area contributed by atoms with Crippen LogP contribution in [0.25, 0.3) is 0 Å². The highest BCUT2D eigenvalue weighted by atomic mass is 28.4. The van der Waals surface area contributed by atoms with Crippen molar-refractivity contribution >= 4 is 20.7 Å². The van der Waals surface area contributed by atoms with Gasteiger partial charge in [0.15, 0.2) is 0 Å². The molecule has 0 fully saturated rings. The van der Waals surface area contributed by atoms with Crippen LogP contribution in [0.3, 0.4) is 0 Å². The molecule has 0 radical (unpaired) electrons. The summed E-state index contributed by atoms with van der Waals surface area (Å²) in [5, 5.41) is 5.37. The minimum Gasteiger partial charge on any atom is -0.474 e. The fourth-order valence-corrected chi connectivity index (χ4v) is 1.77. The molecule has 64 valence electrons. The molecule has 0 atom stereocenters. The van der Waals surface area contributed by atoms with Crippen molar-refractivity contribution in [2.45, 2.75) is 20.4 Å². The SMILES string of the molecule is CC(=O)O[Si](C)(N)OC(C)=O. The maximum Gasteiger partial charge on any atom is 0.550 e. The molecule has 11 heavy (non-hydrogen) atoms. The lowest BCUT2D eigenvalue weighted by atomic mass is 10.9. The number of nitrogens with two attached hydrogens (primary N) is 1. The maximum absolute atomic E-state index is 10.4. The summed E-state index contributed by atoms with van der Waals surface area (Å²) < 4.78 is 9.17. The Morgan fingerprint density at radius 2 is 1.45 bits per heavy atom. The first kappa shape index (κ1) is 10.1. The predicted octanol–water partition coefficient (Wildman–Crippen LogP) is -0.360. The van der Waals surface area contributed by atoms with Crippen LogP contribution in [0.1, 0.15) is 13.8 Å². The van der Waals surface area contributed by atoms with E-state index in [0.717, 1.165) is 0 Å². The summed E-state index contributed by atoms with van der Waals surface area (Å²) in [5.74, 6) is -1.08. The smallest absolute Gasteiger partial charge is 0.474 e. The van der Waals surface area contributed by atoms with Crippen molar-refractivity contribution in [1.82, 2.24) is 0 Å². The third-order valence-electron chi connectivity index (χ3n) is 0.693. The number of carbonyl (C=O) groups excluding carboxylic acids is 2. The van der Waals surface area contributed by atoms with E-state index < -0.39 is 20.7 Å². The van der Waals surface area contributed by atoms with Gasteiger partial charge in [0.1, 0.15) is 0 Å². The molecule has 0 amide bonds. The van der Waals surface area contributed by atoms with Gasteiger partial charge < -0.3 is 8.85 Å². The molecule has 0 unspecified atom stereocenters. The highest BCUT2D eigenvalue weighted by Gasteiger charge is 2.33. The van der Waals surface area contributed by atoms with Crippen LogP contribution in [-0.4, -0.2) is 20.7 Å². The first-order chi connectivity index (χ1) is 4.83. The van der Waals surface area contributed by atoms with Crippen molar-refractivity contribution in [2.75, 3.05) is 0 Å². The van der Waals surface area contributed by atoms with Crippen LogP contribution in [-0.2, 0) is 18.4 Å². The molecule has 2 N–H and O–H groups in total. The van der Waals surface area contributed by atoms with Crippen LogP contribution in [0.5, 0.6) is 0 Å². The zero-order valence-electron chi connectivity index (χ0n) is 6.71. The van der Waals surface area contributed by atoms with Gasteiger partial charge in [0.25, 0.3) is 11.9 Å². The van der Waals surface area contributed by atoms with Crippen molar-refractivity contribution in [2.24, 2.45) is 5.40 Å². The van der Waals surface area contributed by atoms with E-state index in [1.807, 2.05) is 0 Å². The topological polar surface area (TPSA) is 78.6 Å². The second-order valence-corrected chi connectivity index (χ2v) is 4.64. The number of carbonyl (C=O) groups is 2. The zero-order valence-corrected chi connectivity index (χ0v) is 7.71. The van der Waals surface area contributed by atoms with Gasteiger partial charge >= 0.3 is 8.72 Å². The van der Waals surface area contributed by atoms with Gasteiger partial charge in [0.05, 0.1) is 0 Å². The van der Waals surface area contributed by atoms with E-state index >= 15 is 0 Å². The third-order valence-corrected chi connectivity index (χ3v) is 2.08. The van der Waals surface area contributed by atoms with Gasteiger partial charge in [0, 0.05) is 20.4 Å². The van der Waals surface area contributed by atoms with E-state index in [1.165, 1.54) is 20.4 Å². The molecular weight excluding hydrogens is 166 g/mol. The van der Waals surface area contributed by atoms with Gasteiger partial charge in [-0.15, -0.1) is 0 Å². The summed E-state index contributed by atoms with van der Waals surface area (Å²) in [6, 6.07) is 0. The molecule has 0 saturated heterocycles. The van der Waals surface area contributed by atoms with Gasteiger partial charge in [0.2, 0.25) is 0 Å². The lowest BCUT2D eigenvalue weighted by Crippen LogP contribution is -2.51. The van der Waals surface area contributed by atoms with E-state index in [4.69, 9.17) is 5.40 Å². The quantitative estimate of drug-likeness (QED) is 0.583. The lowest BCUT2D eigenvalue weighted by molar-refractivity contribution is -0.138. The molecule has 0 aliphatic rings. The third kappa shape index (κ3) is 5.56. The van der Waals surface area contributed by atoms with Crippen molar-refractivity contribution in [3.05, 3.63) is 0 Å². The summed E-state index contributed by atoms with van der Waals surface area (Å²) in [7, 11) is -3.03. The fraction of sp³-hybridized carbons (Fsp3) is 0.600. The second kappa shape index (κ2) is 3.49. The first-order valence-corrected chi connectivity index (χ1v) is 5.41. The molecule has 0 saturated carbocycles. The van der Waals surface area contributed by atoms with Crippen molar-refractivity contribution in [1.29, 1.82) is 0 Å². The largest absolute Gasteiger partial charge is 0.550 e. The monoisotopic (exact) mass is 177 g/mol. The Labute approximate surface area is 65.8 Å². The summed E-state index contributed by atoms with van der Waals surface area (Å²) in [6.07, 6.45) is 0. The minimum absolute atomic E-state index is 0.539. The molecule has 0 aromatic carbocycles. The number of hydrogen-bond acceptors (Lipinski definition) is 5. The molecule has 0 rings (SSSR count). The minimum atomic E-state index is -3.03. The van der Waals surface area contributed by atoms with Crippen LogP contribution < -0.4 is 5.40 Å². The van der Waals surface area contributed by atoms with Crippen LogP contribution in [0.4, 0.5) is 0 Å². The van der Waals surface area contributed by atoms with Crippen molar-refractivity contribution in [3.8, 4) is 0 Å². The molecule has 6 heteroatoms. The van der Waals surface area contributed by atoms with Crippen molar-refractivity contribution in [3.63, 3.8) is 0 Å². The van der Waals surface area contributed by atoms with Gasteiger partial charge in [-0.3, -0.25) is 15.0 Å². The van der Waals surface area contributed by atoms with E-state index in [2.05, 4.69) is 8.85 Å². The molecular formula is C5H11NO4Si. The van der Waals surface area contributed by atoms with Gasteiger partial charge in [-0.05, 0) is 0 Å². The summed E-state index contributed by atoms with van der Waals surface area (Å²) in [5.41, 5.74) is 0. The van der Waals surface area contributed by atoms with Gasteiger partial charge in [-0.2, -0.15) is 0 Å². The Morgan fingerprint density at radius 1 is 1.18 bits per heavy atom. The second-order valence-electron chi connectivity index (χ2n) is 2.20. The standard InChI is InChI=1S/C5H11NO4Si/c1-4(7)9-11(3,6)10-5(2)8/h6H2,1-3H3. The molecule has 0 aliphatic carbocycles. The average molecular weight is 177 g/mol. The normalized spacial score (nSPS) is 10.5. The van der Waals surface area contributed by atoms with Crippen LogP contribution in [0, 0.1) is 0 Å². The van der Waals surface area contributed by atoms with E-state index in [9.17, 15) is 9.59 Å². The van der Waals surface area contributed by atoms with E-state index in [1.54, 1.807) is 0 Å². The first-order valence-electron chi connectivity index (χ1n) is 3.01. The summed E-state index contributed by atoms with van der Waals surface area (Å²) in [6.45, 7) is 3.83. The highest BCUT2D eigenvalue weighted by Crippen LogP contribution is 1.98. The summed E-state index contributed by atoms with van der Waals surface area (Å²) >= 11 is 0. The Balaban J connectivity index is 3.99. The lowest BCUT2D eigenvalue weighted by Gasteiger charge is -2.18. The molecule has 0 spiro atoms. The molecule has 0 bridgehead atoms. The van der Waals surface area contributed by atoms with Gasteiger partial charge in [-0.1, -0.05) is 0 Å². The van der Waals surface area contributed by atoms with Crippen LogP contribution in [0.15, 0.2) is 0 Å². The number of hydrogen-bond donors (Lipinski definition) is 1. The molecule has 0 aromatic heterocycles. The molecule has 0 aromatic rings. The zero-order chi connectivity index (χ0) is 9.07. The highest BCUT2D eigenvalue weighted by molar-refractivity contribution is 6.65. The molecule has 0 aliphatic heterocycles. The molecule has 0 heterocycles. The Kier molecular flexibility index (Phi) is 3.21. The van der Waals surface area contributed by atoms with Gasteiger partial charge in [-0.25, -0.2) is 0 Å². The maximum atomic E-state index is 10.4. The fourth-order valence-electron chi connectivity index (χ4n) is 0.592. The predicted molar refractivity (Wildman–Crippen MR) is 39.3 cm³/mol. The Bertz CT molecular complexity index is 161. The molecule has 5 nitrogen and oxygen atoms in total.